The molecule has 0 bridgehead atoms. The van der Waals surface area contributed by atoms with E-state index in [-0.39, 0.29) is 5.91 Å². The molecule has 0 heterocycles. The molecule has 0 fully saturated rings. The molecule has 0 radical (unpaired) electrons. The summed E-state index contributed by atoms with van der Waals surface area (Å²) >= 11 is 0. The Balaban J connectivity index is 2.19. The fourth-order valence-electron chi connectivity index (χ4n) is 2.28. The van der Waals surface area contributed by atoms with Crippen LogP contribution in [0, 0.1) is 0 Å². The molecule has 1 unspecified atom stereocenters. The van der Waals surface area contributed by atoms with E-state index in [2.05, 4.69) is 5.32 Å². The van der Waals surface area contributed by atoms with Gasteiger partial charge in [0.15, 0.2) is 0 Å². The highest BCUT2D eigenvalue weighted by molar-refractivity contribution is 5.89. The molecule has 0 spiro atoms. The van der Waals surface area contributed by atoms with Gasteiger partial charge < -0.3 is 15.2 Å². The number of rotatable bonds is 6. The molecule has 1 amide bonds. The van der Waals surface area contributed by atoms with Crippen LogP contribution in [0.2, 0.25) is 0 Å². The van der Waals surface area contributed by atoms with Crippen molar-refractivity contribution < 1.29 is 14.6 Å². The number of amides is 1. The first-order chi connectivity index (χ1) is 10.1. The summed E-state index contributed by atoms with van der Waals surface area (Å²) in [4.78, 5) is 11.2. The van der Waals surface area contributed by atoms with Crippen LogP contribution in [0.5, 0.6) is 5.75 Å². The van der Waals surface area contributed by atoms with Gasteiger partial charge in [0.2, 0.25) is 5.91 Å². The summed E-state index contributed by atoms with van der Waals surface area (Å²) in [5, 5.41) is 14.5. The van der Waals surface area contributed by atoms with E-state index >= 15 is 0 Å². The predicted octanol–water partition coefficient (Wildman–Crippen LogP) is 2.80. The molecule has 4 nitrogen and oxygen atoms in total. The SMILES string of the molecule is CNC(=O)CCCOc1c(C(C)O)ccc2ccccc12. The summed E-state index contributed by atoms with van der Waals surface area (Å²) in [6.45, 7) is 2.17. The fourth-order valence-corrected chi connectivity index (χ4v) is 2.28. The Labute approximate surface area is 124 Å². The molecule has 2 rings (SSSR count). The van der Waals surface area contributed by atoms with Gasteiger partial charge in [0.05, 0.1) is 12.7 Å². The van der Waals surface area contributed by atoms with Gasteiger partial charge in [0.1, 0.15) is 5.75 Å². The minimum absolute atomic E-state index is 0.00673. The number of ether oxygens (including phenoxy) is 1. The first kappa shape index (κ1) is 15.3. The maximum absolute atomic E-state index is 11.2. The topological polar surface area (TPSA) is 58.6 Å². The highest BCUT2D eigenvalue weighted by Gasteiger charge is 2.13. The van der Waals surface area contributed by atoms with E-state index < -0.39 is 6.10 Å². The number of aliphatic hydroxyl groups excluding tert-OH is 1. The van der Waals surface area contributed by atoms with Gasteiger partial charge >= 0.3 is 0 Å². The third-order valence-corrected chi connectivity index (χ3v) is 3.43. The summed E-state index contributed by atoms with van der Waals surface area (Å²) in [5.74, 6) is 0.715. The van der Waals surface area contributed by atoms with Crippen LogP contribution in [0.15, 0.2) is 36.4 Å². The van der Waals surface area contributed by atoms with Crippen LogP contribution in [-0.4, -0.2) is 24.7 Å². The number of hydrogen-bond acceptors (Lipinski definition) is 3. The maximum Gasteiger partial charge on any atom is 0.219 e. The second-order valence-corrected chi connectivity index (χ2v) is 5.01. The van der Waals surface area contributed by atoms with Gasteiger partial charge in [-0.05, 0) is 18.7 Å². The van der Waals surface area contributed by atoms with Gasteiger partial charge in [0.25, 0.3) is 0 Å². The van der Waals surface area contributed by atoms with Crippen molar-refractivity contribution in [2.75, 3.05) is 13.7 Å². The molecule has 21 heavy (non-hydrogen) atoms. The zero-order valence-electron chi connectivity index (χ0n) is 12.4. The van der Waals surface area contributed by atoms with Crippen molar-refractivity contribution in [3.8, 4) is 5.75 Å². The third kappa shape index (κ3) is 3.73. The highest BCUT2D eigenvalue weighted by Crippen LogP contribution is 2.33. The maximum atomic E-state index is 11.2. The first-order valence-electron chi connectivity index (χ1n) is 7.16. The van der Waals surface area contributed by atoms with Crippen molar-refractivity contribution in [2.24, 2.45) is 0 Å². The van der Waals surface area contributed by atoms with Crippen LogP contribution in [0.3, 0.4) is 0 Å². The van der Waals surface area contributed by atoms with E-state index in [0.29, 0.717) is 25.2 Å². The molecular weight excluding hydrogens is 266 g/mol. The van der Waals surface area contributed by atoms with Crippen LogP contribution in [0.25, 0.3) is 10.8 Å². The number of carbonyl (C=O) groups is 1. The molecule has 4 heteroatoms. The Hall–Kier alpha value is -2.07. The number of hydrogen-bond donors (Lipinski definition) is 2. The molecule has 0 aliphatic carbocycles. The minimum Gasteiger partial charge on any atom is -0.493 e. The van der Waals surface area contributed by atoms with E-state index in [0.717, 1.165) is 16.3 Å². The third-order valence-electron chi connectivity index (χ3n) is 3.43. The molecule has 0 saturated carbocycles. The van der Waals surface area contributed by atoms with Gasteiger partial charge in [-0.25, -0.2) is 0 Å². The van der Waals surface area contributed by atoms with E-state index in [1.54, 1.807) is 14.0 Å². The lowest BCUT2D eigenvalue weighted by Crippen LogP contribution is -2.18. The van der Waals surface area contributed by atoms with Crippen LogP contribution < -0.4 is 10.1 Å². The van der Waals surface area contributed by atoms with Crippen LogP contribution in [0.1, 0.15) is 31.4 Å². The van der Waals surface area contributed by atoms with Crippen molar-refractivity contribution in [2.45, 2.75) is 25.9 Å². The zero-order chi connectivity index (χ0) is 15.2. The molecule has 2 N–H and O–H groups in total. The second-order valence-electron chi connectivity index (χ2n) is 5.01. The van der Waals surface area contributed by atoms with Gasteiger partial charge in [-0.15, -0.1) is 0 Å². The molecule has 2 aromatic carbocycles. The number of fused-ring (bicyclic) bond motifs is 1. The lowest BCUT2D eigenvalue weighted by atomic mass is 10.0. The number of carbonyl (C=O) groups excluding carboxylic acids is 1. The summed E-state index contributed by atoms with van der Waals surface area (Å²) in [6.07, 6.45) is 0.483. The van der Waals surface area contributed by atoms with E-state index in [4.69, 9.17) is 4.74 Å². The van der Waals surface area contributed by atoms with Crippen LogP contribution in [-0.2, 0) is 4.79 Å². The summed E-state index contributed by atoms with van der Waals surface area (Å²) in [7, 11) is 1.62. The molecule has 0 aliphatic rings. The Bertz CT molecular complexity index is 622. The van der Waals surface area contributed by atoms with E-state index in [1.165, 1.54) is 0 Å². The molecule has 0 aromatic heterocycles. The average molecular weight is 287 g/mol. The Morgan fingerprint density at radius 1 is 1.29 bits per heavy atom. The van der Waals surface area contributed by atoms with Gasteiger partial charge in [-0.1, -0.05) is 36.4 Å². The summed E-state index contributed by atoms with van der Waals surface area (Å²) in [5.41, 5.74) is 0.772. The largest absolute Gasteiger partial charge is 0.493 e. The Morgan fingerprint density at radius 3 is 2.76 bits per heavy atom. The molecule has 112 valence electrons. The lowest BCUT2D eigenvalue weighted by molar-refractivity contribution is -0.120. The van der Waals surface area contributed by atoms with Crippen LogP contribution in [0.4, 0.5) is 0 Å². The molecule has 2 aromatic rings. The average Bonchev–Trinajstić information content (AvgIpc) is 2.50. The van der Waals surface area contributed by atoms with Crippen molar-refractivity contribution in [1.29, 1.82) is 0 Å². The van der Waals surface area contributed by atoms with Gasteiger partial charge in [0, 0.05) is 24.4 Å². The smallest absolute Gasteiger partial charge is 0.219 e. The number of nitrogens with one attached hydrogen (secondary N) is 1. The summed E-state index contributed by atoms with van der Waals surface area (Å²) < 4.78 is 5.87. The molecular formula is C17H21NO3. The normalized spacial score (nSPS) is 12.1. The molecule has 1 atom stereocenters. The highest BCUT2D eigenvalue weighted by atomic mass is 16.5. The van der Waals surface area contributed by atoms with Gasteiger partial charge in [-0.3, -0.25) is 4.79 Å². The second kappa shape index (κ2) is 7.09. The number of aliphatic hydroxyl groups is 1. The number of benzene rings is 2. The standard InChI is InChI=1S/C17H21NO3/c1-12(19)14-10-9-13-6-3-4-7-15(13)17(14)21-11-5-8-16(20)18-2/h3-4,6-7,9-10,12,19H,5,8,11H2,1-2H3,(H,18,20). The predicted molar refractivity (Wildman–Crippen MR) is 83.4 cm³/mol. The first-order valence-corrected chi connectivity index (χ1v) is 7.16. The van der Waals surface area contributed by atoms with E-state index in [1.807, 2.05) is 36.4 Å². The fraction of sp³-hybridized carbons (Fsp3) is 0.353. The molecule has 0 saturated heterocycles. The lowest BCUT2D eigenvalue weighted by Gasteiger charge is -2.16. The summed E-state index contributed by atoms with van der Waals surface area (Å²) in [6, 6.07) is 11.8. The van der Waals surface area contributed by atoms with Crippen molar-refractivity contribution >= 4 is 16.7 Å². The quantitative estimate of drug-likeness (QED) is 0.803. The van der Waals surface area contributed by atoms with Crippen molar-refractivity contribution in [3.63, 3.8) is 0 Å². The monoisotopic (exact) mass is 287 g/mol. The van der Waals surface area contributed by atoms with Crippen molar-refractivity contribution in [1.82, 2.24) is 5.32 Å². The Morgan fingerprint density at radius 2 is 2.05 bits per heavy atom. The van der Waals surface area contributed by atoms with E-state index in [9.17, 15) is 9.90 Å². The molecule has 0 aliphatic heterocycles. The minimum atomic E-state index is -0.594. The Kier molecular flexibility index (Phi) is 5.17. The van der Waals surface area contributed by atoms with Crippen LogP contribution >= 0.6 is 0 Å². The van der Waals surface area contributed by atoms with Gasteiger partial charge in [-0.2, -0.15) is 0 Å². The zero-order valence-corrected chi connectivity index (χ0v) is 12.4. The van der Waals surface area contributed by atoms with Crippen molar-refractivity contribution in [3.05, 3.63) is 42.0 Å².